The lowest BCUT2D eigenvalue weighted by molar-refractivity contribution is -0.0941. The Morgan fingerprint density at radius 2 is 1.76 bits per heavy atom. The third-order valence-electron chi connectivity index (χ3n) is 5.28. The minimum absolute atomic E-state index is 0.00230. The molecule has 0 N–H and O–H groups in total. The van der Waals surface area contributed by atoms with Crippen molar-refractivity contribution in [3.05, 3.63) is 0 Å². The molecule has 2 aliphatic heterocycles. The molecule has 1 aliphatic carbocycles. The molecule has 0 amide bonds. The van der Waals surface area contributed by atoms with Crippen LogP contribution in [0.4, 0.5) is 0 Å². The molecule has 0 bridgehead atoms. The predicted octanol–water partition coefficient (Wildman–Crippen LogP) is 2.33. The van der Waals surface area contributed by atoms with Crippen LogP contribution in [0.3, 0.4) is 0 Å². The Morgan fingerprint density at radius 3 is 2.29 bits per heavy atom. The van der Waals surface area contributed by atoms with Gasteiger partial charge in [0.15, 0.2) is 6.29 Å². The van der Waals surface area contributed by atoms with E-state index in [0.717, 1.165) is 19.1 Å². The summed E-state index contributed by atoms with van der Waals surface area (Å²) in [5.74, 6) is 0.445. The molecule has 0 aromatic carbocycles. The maximum atomic E-state index is 6.06. The molecule has 3 aliphatic rings. The van der Waals surface area contributed by atoms with E-state index in [2.05, 4.69) is 37.5 Å². The van der Waals surface area contributed by atoms with Gasteiger partial charge in [0.05, 0.1) is 12.7 Å². The molecular weight excluding hydrogens is 264 g/mol. The molecular formula is C17H32N2O2. The normalized spacial score (nSPS) is 33.0. The van der Waals surface area contributed by atoms with Gasteiger partial charge in [0.2, 0.25) is 0 Å². The average Bonchev–Trinajstić information content (AvgIpc) is 3.19. The maximum Gasteiger partial charge on any atom is 0.160 e. The van der Waals surface area contributed by atoms with Gasteiger partial charge in [-0.1, -0.05) is 13.8 Å². The van der Waals surface area contributed by atoms with Gasteiger partial charge in [-0.05, 0) is 33.1 Å². The molecule has 122 valence electrons. The number of hydrogen-bond acceptors (Lipinski definition) is 4. The highest BCUT2D eigenvalue weighted by Gasteiger charge is 2.38. The molecule has 2 atom stereocenters. The molecule has 21 heavy (non-hydrogen) atoms. The monoisotopic (exact) mass is 296 g/mol. The van der Waals surface area contributed by atoms with Crippen molar-refractivity contribution >= 4 is 0 Å². The van der Waals surface area contributed by atoms with Gasteiger partial charge < -0.3 is 9.47 Å². The van der Waals surface area contributed by atoms with Crippen molar-refractivity contribution in [1.29, 1.82) is 0 Å². The van der Waals surface area contributed by atoms with Gasteiger partial charge in [-0.3, -0.25) is 9.80 Å². The summed E-state index contributed by atoms with van der Waals surface area (Å²) >= 11 is 0. The van der Waals surface area contributed by atoms with E-state index in [4.69, 9.17) is 9.47 Å². The minimum atomic E-state index is -0.00230. The van der Waals surface area contributed by atoms with E-state index in [0.29, 0.717) is 5.92 Å². The lowest BCUT2D eigenvalue weighted by Gasteiger charge is -2.45. The van der Waals surface area contributed by atoms with Crippen LogP contribution < -0.4 is 0 Å². The van der Waals surface area contributed by atoms with E-state index in [1.165, 1.54) is 39.0 Å². The fraction of sp³-hybridized carbons (Fsp3) is 1.00. The van der Waals surface area contributed by atoms with Crippen LogP contribution in [-0.4, -0.2) is 66.6 Å². The molecule has 0 radical (unpaired) electrons. The molecule has 2 heterocycles. The second-order valence-corrected chi connectivity index (χ2v) is 7.97. The van der Waals surface area contributed by atoms with Crippen LogP contribution in [-0.2, 0) is 9.47 Å². The number of hydrogen-bond donors (Lipinski definition) is 0. The summed E-state index contributed by atoms with van der Waals surface area (Å²) in [4.78, 5) is 5.33. The SMILES string of the molecule is CC(C)C1OCC(CC(C)(C)N2CCN(C3CC3)CC2)O1. The van der Waals surface area contributed by atoms with Gasteiger partial charge in [-0.15, -0.1) is 0 Å². The first-order chi connectivity index (χ1) is 9.95. The van der Waals surface area contributed by atoms with E-state index in [1.54, 1.807) is 0 Å². The molecule has 0 spiro atoms. The molecule has 2 unspecified atom stereocenters. The van der Waals surface area contributed by atoms with Gasteiger partial charge in [0.25, 0.3) is 0 Å². The lowest BCUT2D eigenvalue weighted by Crippen LogP contribution is -2.56. The standard InChI is InChI=1S/C17H32N2O2/c1-13(2)16-20-12-15(21-16)11-17(3,4)19-9-7-18(8-10-19)14-5-6-14/h13-16H,5-12H2,1-4H3. The van der Waals surface area contributed by atoms with Crippen molar-refractivity contribution in [2.45, 2.75) is 70.9 Å². The van der Waals surface area contributed by atoms with Crippen LogP contribution >= 0.6 is 0 Å². The Labute approximate surface area is 129 Å². The Bertz CT molecular complexity index is 347. The summed E-state index contributed by atoms with van der Waals surface area (Å²) < 4.78 is 11.8. The predicted molar refractivity (Wildman–Crippen MR) is 84.3 cm³/mol. The second kappa shape index (κ2) is 6.15. The zero-order valence-corrected chi connectivity index (χ0v) is 14.2. The molecule has 4 heteroatoms. The molecule has 0 aromatic rings. The van der Waals surface area contributed by atoms with Crippen LogP contribution in [0.25, 0.3) is 0 Å². The number of ether oxygens (including phenoxy) is 2. The summed E-state index contributed by atoms with van der Waals surface area (Å²) in [6.07, 6.45) is 4.17. The second-order valence-electron chi connectivity index (χ2n) is 7.97. The smallest absolute Gasteiger partial charge is 0.160 e. The van der Waals surface area contributed by atoms with Crippen molar-refractivity contribution in [1.82, 2.24) is 9.80 Å². The highest BCUT2D eigenvalue weighted by atomic mass is 16.7. The minimum Gasteiger partial charge on any atom is -0.350 e. The highest BCUT2D eigenvalue weighted by molar-refractivity contribution is 4.92. The first-order valence-electron chi connectivity index (χ1n) is 8.72. The van der Waals surface area contributed by atoms with Crippen molar-refractivity contribution in [2.24, 2.45) is 5.92 Å². The maximum absolute atomic E-state index is 6.06. The summed E-state index contributed by atoms with van der Waals surface area (Å²) in [5.41, 5.74) is 0.204. The van der Waals surface area contributed by atoms with Gasteiger partial charge in [-0.25, -0.2) is 0 Å². The number of piperazine rings is 1. The Morgan fingerprint density at radius 1 is 1.10 bits per heavy atom. The van der Waals surface area contributed by atoms with Gasteiger partial charge in [0, 0.05) is 43.7 Å². The average molecular weight is 296 g/mol. The van der Waals surface area contributed by atoms with E-state index in [1.807, 2.05) is 0 Å². The van der Waals surface area contributed by atoms with Crippen molar-refractivity contribution in [3.8, 4) is 0 Å². The fourth-order valence-electron chi connectivity index (χ4n) is 3.75. The van der Waals surface area contributed by atoms with Crippen molar-refractivity contribution < 1.29 is 9.47 Å². The Balaban J connectivity index is 1.47. The molecule has 0 aromatic heterocycles. The number of rotatable bonds is 5. The summed E-state index contributed by atoms with van der Waals surface area (Å²) in [5, 5.41) is 0. The van der Waals surface area contributed by atoms with Gasteiger partial charge in [0.1, 0.15) is 0 Å². The van der Waals surface area contributed by atoms with E-state index < -0.39 is 0 Å². The zero-order chi connectivity index (χ0) is 15.0. The molecule has 3 fully saturated rings. The third kappa shape index (κ3) is 3.79. The lowest BCUT2D eigenvalue weighted by atomic mass is 9.93. The quantitative estimate of drug-likeness (QED) is 0.777. The molecule has 4 nitrogen and oxygen atoms in total. The van der Waals surface area contributed by atoms with E-state index in [9.17, 15) is 0 Å². The Hall–Kier alpha value is -0.160. The summed E-state index contributed by atoms with van der Waals surface area (Å²) in [6, 6.07) is 0.911. The van der Waals surface area contributed by atoms with E-state index >= 15 is 0 Å². The van der Waals surface area contributed by atoms with Gasteiger partial charge >= 0.3 is 0 Å². The molecule has 2 saturated heterocycles. The molecule has 1 saturated carbocycles. The van der Waals surface area contributed by atoms with Crippen molar-refractivity contribution in [2.75, 3.05) is 32.8 Å². The number of nitrogens with zero attached hydrogens (tertiary/aromatic N) is 2. The van der Waals surface area contributed by atoms with Crippen LogP contribution in [0, 0.1) is 5.92 Å². The van der Waals surface area contributed by atoms with Crippen LogP contribution in [0.1, 0.15) is 47.0 Å². The first-order valence-corrected chi connectivity index (χ1v) is 8.72. The summed E-state index contributed by atoms with van der Waals surface area (Å²) in [6.45, 7) is 14.7. The fourth-order valence-corrected chi connectivity index (χ4v) is 3.75. The van der Waals surface area contributed by atoms with Gasteiger partial charge in [-0.2, -0.15) is 0 Å². The Kier molecular flexibility index (Phi) is 4.60. The highest BCUT2D eigenvalue weighted by Crippen LogP contribution is 2.31. The molecule has 3 rings (SSSR count). The topological polar surface area (TPSA) is 24.9 Å². The van der Waals surface area contributed by atoms with Crippen LogP contribution in [0.5, 0.6) is 0 Å². The summed E-state index contributed by atoms with van der Waals surface area (Å²) in [7, 11) is 0. The largest absolute Gasteiger partial charge is 0.350 e. The zero-order valence-electron chi connectivity index (χ0n) is 14.2. The van der Waals surface area contributed by atoms with E-state index in [-0.39, 0.29) is 17.9 Å². The van der Waals surface area contributed by atoms with Crippen LogP contribution in [0.15, 0.2) is 0 Å². The first kappa shape index (κ1) is 15.7. The van der Waals surface area contributed by atoms with Crippen LogP contribution in [0.2, 0.25) is 0 Å². The third-order valence-corrected chi connectivity index (χ3v) is 5.28. The van der Waals surface area contributed by atoms with Crippen molar-refractivity contribution in [3.63, 3.8) is 0 Å².